The zero-order valence-corrected chi connectivity index (χ0v) is 9.31. The molecule has 3 heterocycles. The predicted octanol–water partition coefficient (Wildman–Crippen LogP) is 3.13. The number of aryl methyl sites for hydroxylation is 1. The second-order valence-corrected chi connectivity index (χ2v) is 4.19. The van der Waals surface area contributed by atoms with E-state index in [2.05, 4.69) is 14.3 Å². The highest BCUT2D eigenvalue weighted by Crippen LogP contribution is 2.30. The van der Waals surface area contributed by atoms with Gasteiger partial charge in [0.2, 0.25) is 0 Å². The van der Waals surface area contributed by atoms with Crippen LogP contribution in [-0.4, -0.2) is 14.3 Å². The lowest BCUT2D eigenvalue weighted by atomic mass is 10.1. The van der Waals surface area contributed by atoms with Crippen LogP contribution in [0.15, 0.2) is 23.8 Å². The molecule has 0 saturated carbocycles. The maximum atomic E-state index is 13.1. The standard InChI is InChI=1S/C11H8FN3S/c1-6-10(5-16-15-6)9-4-14-11-8(9)2-7(12)3-13-11/h2-5H,1H3,(H,13,14). The molecule has 0 atom stereocenters. The number of hydrogen-bond acceptors (Lipinski definition) is 3. The summed E-state index contributed by atoms with van der Waals surface area (Å²) in [7, 11) is 0. The highest BCUT2D eigenvalue weighted by molar-refractivity contribution is 7.04. The van der Waals surface area contributed by atoms with Gasteiger partial charge in [0.1, 0.15) is 11.5 Å². The SMILES string of the molecule is Cc1nscc1-c1c[nH]c2ncc(F)cc12. The van der Waals surface area contributed by atoms with Gasteiger partial charge in [-0.25, -0.2) is 9.37 Å². The molecule has 0 spiro atoms. The van der Waals surface area contributed by atoms with Gasteiger partial charge in [-0.2, -0.15) is 4.37 Å². The van der Waals surface area contributed by atoms with Gasteiger partial charge in [-0.1, -0.05) is 0 Å². The highest BCUT2D eigenvalue weighted by Gasteiger charge is 2.11. The van der Waals surface area contributed by atoms with E-state index < -0.39 is 0 Å². The second kappa shape index (κ2) is 3.38. The third-order valence-corrected chi connectivity index (χ3v) is 3.26. The van der Waals surface area contributed by atoms with Crippen molar-refractivity contribution >= 4 is 22.6 Å². The van der Waals surface area contributed by atoms with E-state index in [1.54, 1.807) is 0 Å². The van der Waals surface area contributed by atoms with E-state index in [1.165, 1.54) is 23.8 Å². The molecule has 3 rings (SSSR count). The fourth-order valence-corrected chi connectivity index (χ4v) is 2.46. The molecule has 3 nitrogen and oxygen atoms in total. The van der Waals surface area contributed by atoms with Crippen LogP contribution in [0.4, 0.5) is 4.39 Å². The largest absolute Gasteiger partial charge is 0.346 e. The number of aromatic amines is 1. The van der Waals surface area contributed by atoms with Crippen LogP contribution in [-0.2, 0) is 0 Å². The van der Waals surface area contributed by atoms with E-state index in [-0.39, 0.29) is 5.82 Å². The van der Waals surface area contributed by atoms with Crippen molar-refractivity contribution in [2.75, 3.05) is 0 Å². The number of nitrogens with zero attached hydrogens (tertiary/aromatic N) is 2. The fourth-order valence-electron chi connectivity index (χ4n) is 1.75. The molecule has 0 unspecified atom stereocenters. The maximum absolute atomic E-state index is 13.1. The van der Waals surface area contributed by atoms with E-state index in [0.29, 0.717) is 5.65 Å². The van der Waals surface area contributed by atoms with Gasteiger partial charge in [-0.15, -0.1) is 0 Å². The van der Waals surface area contributed by atoms with Crippen molar-refractivity contribution in [2.24, 2.45) is 0 Å². The first kappa shape index (κ1) is 9.47. The van der Waals surface area contributed by atoms with Crippen LogP contribution in [0, 0.1) is 12.7 Å². The lowest BCUT2D eigenvalue weighted by molar-refractivity contribution is 0.624. The van der Waals surface area contributed by atoms with Crippen molar-refractivity contribution < 1.29 is 4.39 Å². The summed E-state index contributed by atoms with van der Waals surface area (Å²) in [5.74, 6) is -0.325. The summed E-state index contributed by atoms with van der Waals surface area (Å²) in [5.41, 5.74) is 3.63. The van der Waals surface area contributed by atoms with Crippen LogP contribution < -0.4 is 0 Å². The van der Waals surface area contributed by atoms with Crippen molar-refractivity contribution in [3.63, 3.8) is 0 Å². The molecule has 0 bridgehead atoms. The third-order valence-electron chi connectivity index (χ3n) is 2.54. The molecule has 5 heteroatoms. The van der Waals surface area contributed by atoms with E-state index in [9.17, 15) is 4.39 Å². The van der Waals surface area contributed by atoms with Crippen LogP contribution >= 0.6 is 11.5 Å². The van der Waals surface area contributed by atoms with Gasteiger partial charge >= 0.3 is 0 Å². The minimum absolute atomic E-state index is 0.325. The molecule has 0 saturated heterocycles. The Bertz CT molecular complexity index is 656. The quantitative estimate of drug-likeness (QED) is 0.701. The molecule has 80 valence electrons. The van der Waals surface area contributed by atoms with E-state index >= 15 is 0 Å². The van der Waals surface area contributed by atoms with Gasteiger partial charge in [0, 0.05) is 28.1 Å². The summed E-state index contributed by atoms with van der Waals surface area (Å²) in [6.07, 6.45) is 3.05. The van der Waals surface area contributed by atoms with Crippen molar-refractivity contribution in [2.45, 2.75) is 6.92 Å². The highest BCUT2D eigenvalue weighted by atomic mass is 32.1. The minimum Gasteiger partial charge on any atom is -0.346 e. The molecular weight excluding hydrogens is 225 g/mol. The Morgan fingerprint density at radius 1 is 1.38 bits per heavy atom. The fraction of sp³-hybridized carbons (Fsp3) is 0.0909. The first-order chi connectivity index (χ1) is 7.75. The lowest BCUT2D eigenvalue weighted by Crippen LogP contribution is -1.81. The monoisotopic (exact) mass is 233 g/mol. The Hall–Kier alpha value is -1.75. The normalized spacial score (nSPS) is 11.1. The summed E-state index contributed by atoms with van der Waals surface area (Å²) in [5, 5.41) is 2.76. The Balaban J connectivity index is 2.32. The average Bonchev–Trinajstić information content (AvgIpc) is 2.83. The number of fused-ring (bicyclic) bond motifs is 1. The molecule has 0 fully saturated rings. The van der Waals surface area contributed by atoms with Gasteiger partial charge in [-0.05, 0) is 24.5 Å². The van der Waals surface area contributed by atoms with E-state index in [4.69, 9.17) is 0 Å². The zero-order chi connectivity index (χ0) is 11.1. The second-order valence-electron chi connectivity index (χ2n) is 3.57. The molecule has 0 aliphatic carbocycles. The van der Waals surface area contributed by atoms with Crippen molar-refractivity contribution in [3.8, 4) is 11.1 Å². The van der Waals surface area contributed by atoms with Gasteiger partial charge < -0.3 is 4.98 Å². The molecular formula is C11H8FN3S. The summed E-state index contributed by atoms with van der Waals surface area (Å²) >= 11 is 1.40. The topological polar surface area (TPSA) is 41.6 Å². The number of H-pyrrole nitrogens is 1. The molecule has 0 aliphatic heterocycles. The number of nitrogens with one attached hydrogen (secondary N) is 1. The van der Waals surface area contributed by atoms with Gasteiger partial charge in [0.25, 0.3) is 0 Å². The average molecular weight is 233 g/mol. The summed E-state index contributed by atoms with van der Waals surface area (Å²) < 4.78 is 17.4. The molecule has 0 aromatic carbocycles. The Labute approximate surface area is 95.1 Å². The summed E-state index contributed by atoms with van der Waals surface area (Å²) in [6, 6.07) is 1.49. The summed E-state index contributed by atoms with van der Waals surface area (Å²) in [6.45, 7) is 1.94. The number of pyridine rings is 1. The van der Waals surface area contributed by atoms with E-state index in [0.717, 1.165) is 22.2 Å². The number of hydrogen-bond donors (Lipinski definition) is 1. The number of aromatic nitrogens is 3. The Morgan fingerprint density at radius 2 is 2.25 bits per heavy atom. The molecule has 3 aromatic rings. The number of rotatable bonds is 1. The van der Waals surface area contributed by atoms with Crippen LogP contribution in [0.3, 0.4) is 0 Å². The molecule has 0 radical (unpaired) electrons. The van der Waals surface area contributed by atoms with Crippen molar-refractivity contribution in [3.05, 3.63) is 35.4 Å². The Morgan fingerprint density at radius 3 is 3.00 bits per heavy atom. The zero-order valence-electron chi connectivity index (χ0n) is 8.49. The molecule has 0 amide bonds. The first-order valence-electron chi connectivity index (χ1n) is 4.79. The third kappa shape index (κ3) is 1.32. The number of halogens is 1. The lowest BCUT2D eigenvalue weighted by Gasteiger charge is -1.96. The van der Waals surface area contributed by atoms with Crippen molar-refractivity contribution in [1.29, 1.82) is 0 Å². The minimum atomic E-state index is -0.325. The predicted molar refractivity (Wildman–Crippen MR) is 61.9 cm³/mol. The van der Waals surface area contributed by atoms with Crippen LogP contribution in [0.5, 0.6) is 0 Å². The smallest absolute Gasteiger partial charge is 0.142 e. The summed E-state index contributed by atoms with van der Waals surface area (Å²) in [4.78, 5) is 7.02. The van der Waals surface area contributed by atoms with Crippen LogP contribution in [0.2, 0.25) is 0 Å². The van der Waals surface area contributed by atoms with Crippen LogP contribution in [0.25, 0.3) is 22.2 Å². The van der Waals surface area contributed by atoms with Gasteiger partial charge in [-0.3, -0.25) is 0 Å². The van der Waals surface area contributed by atoms with Crippen LogP contribution in [0.1, 0.15) is 5.69 Å². The molecule has 1 N–H and O–H groups in total. The molecule has 16 heavy (non-hydrogen) atoms. The molecule has 3 aromatic heterocycles. The van der Waals surface area contributed by atoms with E-state index in [1.807, 2.05) is 18.5 Å². The Kier molecular flexibility index (Phi) is 2.00. The molecule has 0 aliphatic rings. The van der Waals surface area contributed by atoms with Gasteiger partial charge in [0.15, 0.2) is 0 Å². The maximum Gasteiger partial charge on any atom is 0.142 e. The van der Waals surface area contributed by atoms with Gasteiger partial charge in [0.05, 0.1) is 11.9 Å². The first-order valence-corrected chi connectivity index (χ1v) is 5.63. The van der Waals surface area contributed by atoms with Crippen molar-refractivity contribution in [1.82, 2.24) is 14.3 Å².